The Kier molecular flexibility index (Phi) is 5.75. The van der Waals surface area contributed by atoms with Crippen LogP contribution >= 0.6 is 18.9 Å². The second-order valence-electron chi connectivity index (χ2n) is 6.85. The van der Waals surface area contributed by atoms with Crippen molar-refractivity contribution >= 4 is 24.2 Å². The minimum atomic E-state index is -1.55. The molecule has 23 heavy (non-hydrogen) atoms. The zero-order chi connectivity index (χ0) is 16.3. The second-order valence-corrected chi connectivity index (χ2v) is 11.2. The van der Waals surface area contributed by atoms with E-state index in [2.05, 4.69) is 17.8 Å². The van der Waals surface area contributed by atoms with E-state index in [1.54, 1.807) is 14.2 Å². The minimum Gasteiger partial charge on any atom is -0.497 e. The van der Waals surface area contributed by atoms with E-state index in [0.717, 1.165) is 22.8 Å². The number of benzene rings is 1. The van der Waals surface area contributed by atoms with Gasteiger partial charge in [-0.1, -0.05) is 12.9 Å². The number of hydrogen-bond acceptors (Lipinski definition) is 2. The maximum Gasteiger partial charge on any atom is 0.161 e. The van der Waals surface area contributed by atoms with Crippen molar-refractivity contribution in [1.82, 2.24) is 0 Å². The highest BCUT2D eigenvalue weighted by Gasteiger charge is 2.49. The number of methoxy groups -OCH3 is 2. The SMILES string of the molecule is COc1ccc([P+]([CH-]Cl)(C2CCCC2)C2CCCC2)c(OC)c1. The van der Waals surface area contributed by atoms with Crippen LogP contribution in [0, 0.1) is 5.62 Å². The maximum atomic E-state index is 6.66. The maximum absolute atomic E-state index is 6.66. The van der Waals surface area contributed by atoms with Crippen LogP contribution in [0.3, 0.4) is 0 Å². The summed E-state index contributed by atoms with van der Waals surface area (Å²) in [6.45, 7) is 0. The fraction of sp³-hybridized carbons (Fsp3) is 0.632. The Morgan fingerprint density at radius 2 is 1.52 bits per heavy atom. The van der Waals surface area contributed by atoms with E-state index in [1.165, 1.54) is 56.7 Å². The van der Waals surface area contributed by atoms with Crippen LogP contribution in [-0.4, -0.2) is 25.5 Å². The molecule has 0 aliphatic heterocycles. The largest absolute Gasteiger partial charge is 0.497 e. The quantitative estimate of drug-likeness (QED) is 0.489. The zero-order valence-electron chi connectivity index (χ0n) is 14.3. The van der Waals surface area contributed by atoms with Gasteiger partial charge in [0.2, 0.25) is 0 Å². The number of halogens is 1. The summed E-state index contributed by atoms with van der Waals surface area (Å²) in [4.78, 5) is 0. The third kappa shape index (κ3) is 3.10. The van der Waals surface area contributed by atoms with Gasteiger partial charge in [0.05, 0.1) is 14.2 Å². The first-order valence-electron chi connectivity index (χ1n) is 8.81. The molecule has 0 unspecified atom stereocenters. The molecule has 0 heterocycles. The van der Waals surface area contributed by atoms with E-state index in [-0.39, 0.29) is 0 Å². The van der Waals surface area contributed by atoms with Crippen molar-refractivity contribution in [3.8, 4) is 11.5 Å². The average molecular weight is 355 g/mol. The molecule has 0 N–H and O–H groups in total. The molecule has 0 radical (unpaired) electrons. The highest BCUT2D eigenvalue weighted by Crippen LogP contribution is 2.75. The molecule has 0 spiro atoms. The van der Waals surface area contributed by atoms with Gasteiger partial charge in [0.15, 0.2) is 5.75 Å². The predicted molar refractivity (Wildman–Crippen MR) is 101 cm³/mol. The summed E-state index contributed by atoms with van der Waals surface area (Å²) in [5.74, 6) is 1.82. The molecule has 4 heteroatoms. The first-order valence-corrected chi connectivity index (χ1v) is 11.2. The summed E-state index contributed by atoms with van der Waals surface area (Å²) < 4.78 is 11.2. The van der Waals surface area contributed by atoms with Crippen molar-refractivity contribution in [3.63, 3.8) is 0 Å². The lowest BCUT2D eigenvalue weighted by molar-refractivity contribution is 0.396. The van der Waals surface area contributed by atoms with Gasteiger partial charge in [0.1, 0.15) is 11.1 Å². The predicted octanol–water partition coefficient (Wildman–Crippen LogP) is 5.59. The van der Waals surface area contributed by atoms with Crippen molar-refractivity contribution in [2.24, 2.45) is 0 Å². The lowest BCUT2D eigenvalue weighted by Crippen LogP contribution is -2.30. The van der Waals surface area contributed by atoms with E-state index in [4.69, 9.17) is 21.1 Å². The summed E-state index contributed by atoms with van der Waals surface area (Å²) in [5, 5.41) is 1.37. The van der Waals surface area contributed by atoms with Crippen LogP contribution in [0.2, 0.25) is 0 Å². The minimum absolute atomic E-state index is 0.741. The van der Waals surface area contributed by atoms with Gasteiger partial charge in [0.25, 0.3) is 0 Å². The zero-order valence-corrected chi connectivity index (χ0v) is 15.9. The third-order valence-electron chi connectivity index (χ3n) is 5.82. The van der Waals surface area contributed by atoms with Crippen LogP contribution < -0.4 is 14.8 Å². The van der Waals surface area contributed by atoms with Crippen LogP contribution in [-0.2, 0) is 0 Å². The van der Waals surface area contributed by atoms with Crippen molar-refractivity contribution in [2.45, 2.75) is 62.7 Å². The molecular weight excluding hydrogens is 327 g/mol. The fourth-order valence-corrected chi connectivity index (χ4v) is 11.1. The number of ether oxygens (including phenoxy) is 2. The van der Waals surface area contributed by atoms with Crippen LogP contribution in [0.5, 0.6) is 11.5 Å². The molecule has 0 saturated heterocycles. The molecule has 0 aromatic heterocycles. The molecule has 2 fully saturated rings. The smallest absolute Gasteiger partial charge is 0.161 e. The fourth-order valence-electron chi connectivity index (χ4n) is 4.67. The summed E-state index contributed by atoms with van der Waals surface area (Å²) in [7, 11) is 1.93. The molecule has 0 bridgehead atoms. The lowest BCUT2D eigenvalue weighted by atomic mass is 10.3. The standard InChI is InChI=1S/C19H28ClO2P/c1-21-15-11-12-19(18(13-15)22-2)23(14-20,16-7-3-4-8-16)17-9-5-6-10-17/h11-14,16-17H,3-10H2,1-2H3. The van der Waals surface area contributed by atoms with Crippen molar-refractivity contribution in [1.29, 1.82) is 0 Å². The Bertz CT molecular complexity index is 506. The molecule has 1 aromatic carbocycles. The normalized spacial score (nSPS) is 20.1. The van der Waals surface area contributed by atoms with Gasteiger partial charge in [-0.25, -0.2) is 0 Å². The molecule has 0 amide bonds. The topological polar surface area (TPSA) is 18.5 Å². The van der Waals surface area contributed by atoms with Crippen LogP contribution in [0.1, 0.15) is 51.4 Å². The van der Waals surface area contributed by atoms with Crippen LogP contribution in [0.25, 0.3) is 0 Å². The summed E-state index contributed by atoms with van der Waals surface area (Å²) >= 11 is 6.66. The van der Waals surface area contributed by atoms with Gasteiger partial charge in [-0.05, 0) is 63.5 Å². The molecular formula is C19H28ClO2P. The van der Waals surface area contributed by atoms with E-state index >= 15 is 0 Å². The average Bonchev–Trinajstić information content (AvgIpc) is 3.30. The van der Waals surface area contributed by atoms with E-state index < -0.39 is 7.26 Å². The molecule has 2 nitrogen and oxygen atoms in total. The Morgan fingerprint density at radius 1 is 0.957 bits per heavy atom. The van der Waals surface area contributed by atoms with Gasteiger partial charge in [-0.2, -0.15) is 0 Å². The van der Waals surface area contributed by atoms with Crippen molar-refractivity contribution < 1.29 is 9.47 Å². The summed E-state index contributed by atoms with van der Waals surface area (Å²) in [6, 6.07) is 6.35. The summed E-state index contributed by atoms with van der Waals surface area (Å²) in [5.41, 5.74) is 3.58. The first-order chi connectivity index (χ1) is 11.3. The van der Waals surface area contributed by atoms with Crippen LogP contribution in [0.4, 0.5) is 0 Å². The molecule has 128 valence electrons. The Hall–Kier alpha value is -0.460. The van der Waals surface area contributed by atoms with E-state index in [9.17, 15) is 0 Å². The van der Waals surface area contributed by atoms with Gasteiger partial charge >= 0.3 is 0 Å². The first kappa shape index (κ1) is 17.4. The molecule has 2 saturated carbocycles. The van der Waals surface area contributed by atoms with Gasteiger partial charge < -0.3 is 21.1 Å². The molecule has 0 atom stereocenters. The number of hydrogen-bond donors (Lipinski definition) is 0. The Morgan fingerprint density at radius 3 is 1.96 bits per heavy atom. The monoisotopic (exact) mass is 354 g/mol. The molecule has 1 aromatic rings. The highest BCUT2D eigenvalue weighted by molar-refractivity contribution is 7.87. The van der Waals surface area contributed by atoms with Gasteiger partial charge in [0, 0.05) is 17.4 Å². The molecule has 3 rings (SSSR count). The second kappa shape index (κ2) is 7.62. The Balaban J connectivity index is 2.10. The lowest BCUT2D eigenvalue weighted by Gasteiger charge is -2.44. The van der Waals surface area contributed by atoms with Crippen molar-refractivity contribution in [2.75, 3.05) is 14.2 Å². The van der Waals surface area contributed by atoms with E-state index in [1.807, 2.05) is 6.07 Å². The number of rotatable bonds is 6. The summed E-state index contributed by atoms with van der Waals surface area (Å²) in [6.07, 6.45) is 10.7. The van der Waals surface area contributed by atoms with Crippen LogP contribution in [0.15, 0.2) is 18.2 Å². The molecule has 2 aliphatic rings. The van der Waals surface area contributed by atoms with Gasteiger partial charge in [-0.15, -0.1) is 0 Å². The van der Waals surface area contributed by atoms with E-state index in [0.29, 0.717) is 0 Å². The Labute approximate surface area is 146 Å². The highest BCUT2D eigenvalue weighted by atomic mass is 35.5. The third-order valence-corrected chi connectivity index (χ3v) is 11.8. The van der Waals surface area contributed by atoms with Gasteiger partial charge in [-0.3, -0.25) is 0 Å². The molecule has 2 aliphatic carbocycles. The van der Waals surface area contributed by atoms with Crippen molar-refractivity contribution in [3.05, 3.63) is 23.8 Å².